The molecule has 1 saturated heterocycles. The van der Waals surface area contributed by atoms with Crippen LogP contribution in [0.25, 0.3) is 0 Å². The van der Waals surface area contributed by atoms with Crippen LogP contribution in [-0.2, 0) is 18.3 Å². The summed E-state index contributed by atoms with van der Waals surface area (Å²) in [7, 11) is 3.65. The lowest BCUT2D eigenvalue weighted by molar-refractivity contribution is 0.143. The van der Waals surface area contributed by atoms with Crippen molar-refractivity contribution in [1.29, 1.82) is 0 Å². The third kappa shape index (κ3) is 4.35. The lowest BCUT2D eigenvalue weighted by Crippen LogP contribution is -2.39. The number of urea groups is 1. The number of likely N-dealkylation sites (tertiary alicyclic amines) is 1. The van der Waals surface area contributed by atoms with Gasteiger partial charge in [-0.25, -0.2) is 9.78 Å². The van der Waals surface area contributed by atoms with Crippen LogP contribution in [0.15, 0.2) is 36.7 Å². The van der Waals surface area contributed by atoms with Gasteiger partial charge in [0.25, 0.3) is 0 Å². The monoisotopic (exact) mass is 358 g/mol. The Morgan fingerprint density at radius 3 is 2.92 bits per heavy atom. The summed E-state index contributed by atoms with van der Waals surface area (Å²) in [6, 6.07) is 7.93. The molecule has 2 aromatic heterocycles. The molecule has 2 aromatic rings. The van der Waals surface area contributed by atoms with E-state index in [0.717, 1.165) is 24.9 Å². The van der Waals surface area contributed by atoms with Crippen LogP contribution in [-0.4, -0.2) is 47.4 Å². The van der Waals surface area contributed by atoms with Gasteiger partial charge in [-0.1, -0.05) is 6.07 Å². The molecule has 26 heavy (non-hydrogen) atoms. The molecule has 7 heteroatoms. The SMILES string of the molecule is COCCOc1ccc(CNC(=O)N2CCCC2c2cccn2C)cn1. The number of ether oxygens (including phenoxy) is 2. The second kappa shape index (κ2) is 8.71. The van der Waals surface area contributed by atoms with Gasteiger partial charge in [-0.2, -0.15) is 0 Å². The average Bonchev–Trinajstić information content (AvgIpc) is 3.29. The Bertz CT molecular complexity index is 714. The normalized spacial score (nSPS) is 16.7. The van der Waals surface area contributed by atoms with Gasteiger partial charge >= 0.3 is 6.03 Å². The minimum atomic E-state index is -0.0332. The van der Waals surface area contributed by atoms with Crippen LogP contribution in [0.4, 0.5) is 4.79 Å². The van der Waals surface area contributed by atoms with E-state index < -0.39 is 0 Å². The van der Waals surface area contributed by atoms with Gasteiger partial charge in [0, 0.05) is 51.4 Å². The third-order valence-electron chi connectivity index (χ3n) is 4.62. The summed E-state index contributed by atoms with van der Waals surface area (Å²) in [6.45, 7) is 2.22. The van der Waals surface area contributed by atoms with Crippen LogP contribution < -0.4 is 10.1 Å². The van der Waals surface area contributed by atoms with E-state index in [9.17, 15) is 4.79 Å². The van der Waals surface area contributed by atoms with Gasteiger partial charge in [-0.15, -0.1) is 0 Å². The molecule has 140 valence electrons. The van der Waals surface area contributed by atoms with Gasteiger partial charge in [-0.05, 0) is 30.5 Å². The second-order valence-electron chi connectivity index (χ2n) is 6.40. The smallest absolute Gasteiger partial charge is 0.318 e. The fraction of sp³-hybridized carbons (Fsp3) is 0.474. The van der Waals surface area contributed by atoms with Crippen molar-refractivity contribution in [3.63, 3.8) is 0 Å². The molecule has 7 nitrogen and oxygen atoms in total. The van der Waals surface area contributed by atoms with E-state index in [-0.39, 0.29) is 12.1 Å². The van der Waals surface area contributed by atoms with Crippen molar-refractivity contribution in [2.24, 2.45) is 7.05 Å². The third-order valence-corrected chi connectivity index (χ3v) is 4.62. The maximum Gasteiger partial charge on any atom is 0.318 e. The zero-order valence-electron chi connectivity index (χ0n) is 15.4. The Morgan fingerprint density at radius 1 is 1.35 bits per heavy atom. The second-order valence-corrected chi connectivity index (χ2v) is 6.40. The number of hydrogen-bond acceptors (Lipinski definition) is 4. The van der Waals surface area contributed by atoms with E-state index in [2.05, 4.69) is 20.9 Å². The van der Waals surface area contributed by atoms with Crippen molar-refractivity contribution in [1.82, 2.24) is 19.8 Å². The highest BCUT2D eigenvalue weighted by molar-refractivity contribution is 5.75. The maximum absolute atomic E-state index is 12.6. The number of carbonyl (C=O) groups excluding carboxylic acids is 1. The molecule has 1 N–H and O–H groups in total. The van der Waals surface area contributed by atoms with E-state index >= 15 is 0 Å². The Morgan fingerprint density at radius 2 is 2.23 bits per heavy atom. The Balaban J connectivity index is 1.52. The summed E-state index contributed by atoms with van der Waals surface area (Å²) in [4.78, 5) is 18.8. The number of nitrogens with one attached hydrogen (secondary N) is 1. The number of carbonyl (C=O) groups is 1. The quantitative estimate of drug-likeness (QED) is 0.772. The molecule has 0 radical (unpaired) electrons. The number of methoxy groups -OCH3 is 1. The molecule has 1 aliphatic rings. The van der Waals surface area contributed by atoms with Gasteiger partial charge in [0.15, 0.2) is 0 Å². The van der Waals surface area contributed by atoms with Crippen molar-refractivity contribution in [2.75, 3.05) is 26.9 Å². The molecular formula is C19H26N4O3. The number of amides is 2. The Labute approximate surface area is 153 Å². The molecule has 0 aromatic carbocycles. The molecule has 0 bridgehead atoms. The highest BCUT2D eigenvalue weighted by Gasteiger charge is 2.31. The van der Waals surface area contributed by atoms with Crippen LogP contribution in [0.5, 0.6) is 5.88 Å². The molecule has 1 atom stereocenters. The van der Waals surface area contributed by atoms with Crippen molar-refractivity contribution >= 4 is 6.03 Å². The van der Waals surface area contributed by atoms with Crippen LogP contribution in [0, 0.1) is 0 Å². The zero-order valence-corrected chi connectivity index (χ0v) is 15.4. The fourth-order valence-electron chi connectivity index (χ4n) is 3.25. The van der Waals surface area contributed by atoms with Gasteiger partial charge in [0.2, 0.25) is 5.88 Å². The highest BCUT2D eigenvalue weighted by atomic mass is 16.5. The number of nitrogens with zero attached hydrogens (tertiary/aromatic N) is 3. The number of aromatic nitrogens is 2. The van der Waals surface area contributed by atoms with Crippen LogP contribution in [0.2, 0.25) is 0 Å². The Hall–Kier alpha value is -2.54. The van der Waals surface area contributed by atoms with E-state index in [1.54, 1.807) is 19.4 Å². The van der Waals surface area contributed by atoms with Crippen LogP contribution in [0.3, 0.4) is 0 Å². The minimum Gasteiger partial charge on any atom is -0.475 e. The number of pyridine rings is 1. The first-order valence-electron chi connectivity index (χ1n) is 8.91. The highest BCUT2D eigenvalue weighted by Crippen LogP contribution is 2.31. The largest absolute Gasteiger partial charge is 0.475 e. The lowest BCUT2D eigenvalue weighted by Gasteiger charge is -2.25. The van der Waals surface area contributed by atoms with E-state index in [0.29, 0.717) is 25.6 Å². The first-order valence-corrected chi connectivity index (χ1v) is 8.91. The molecule has 1 aliphatic heterocycles. The predicted molar refractivity (Wildman–Crippen MR) is 97.9 cm³/mol. The molecule has 0 aliphatic carbocycles. The molecule has 3 heterocycles. The molecule has 0 spiro atoms. The summed E-state index contributed by atoms with van der Waals surface area (Å²) in [5.74, 6) is 0.556. The number of hydrogen-bond donors (Lipinski definition) is 1. The standard InChI is InChI=1S/C19H26N4O3/c1-22-9-3-5-16(22)17-6-4-10-23(17)19(24)21-14-15-7-8-18(20-13-15)26-12-11-25-2/h3,5,7-9,13,17H,4,6,10-12,14H2,1-2H3,(H,21,24). The molecule has 2 amide bonds. The van der Waals surface area contributed by atoms with E-state index in [4.69, 9.17) is 9.47 Å². The maximum atomic E-state index is 12.6. The summed E-state index contributed by atoms with van der Waals surface area (Å²) in [6.07, 6.45) is 5.77. The number of aryl methyl sites for hydroxylation is 1. The van der Waals surface area contributed by atoms with Gasteiger partial charge in [0.1, 0.15) is 6.61 Å². The van der Waals surface area contributed by atoms with Crippen molar-refractivity contribution in [2.45, 2.75) is 25.4 Å². The summed E-state index contributed by atoms with van der Waals surface area (Å²) in [5, 5.41) is 3.00. The predicted octanol–water partition coefficient (Wildman–Crippen LogP) is 2.49. The molecule has 0 saturated carbocycles. The average molecular weight is 358 g/mol. The first-order chi connectivity index (χ1) is 12.7. The van der Waals surface area contributed by atoms with Crippen molar-refractivity contribution in [3.05, 3.63) is 47.9 Å². The van der Waals surface area contributed by atoms with Crippen LogP contribution in [0.1, 0.15) is 30.1 Å². The summed E-state index contributed by atoms with van der Waals surface area (Å²) >= 11 is 0. The zero-order chi connectivity index (χ0) is 18.4. The van der Waals surface area contributed by atoms with E-state index in [1.165, 1.54) is 5.69 Å². The topological polar surface area (TPSA) is 68.6 Å². The molecule has 1 unspecified atom stereocenters. The summed E-state index contributed by atoms with van der Waals surface area (Å²) in [5.41, 5.74) is 2.11. The van der Waals surface area contributed by atoms with Gasteiger partial charge in [0.05, 0.1) is 12.6 Å². The molecule has 1 fully saturated rings. The van der Waals surface area contributed by atoms with Crippen LogP contribution >= 0.6 is 0 Å². The lowest BCUT2D eigenvalue weighted by atomic mass is 10.1. The van der Waals surface area contributed by atoms with E-state index in [1.807, 2.05) is 30.3 Å². The fourth-order valence-corrected chi connectivity index (χ4v) is 3.25. The van der Waals surface area contributed by atoms with Crippen molar-refractivity contribution in [3.8, 4) is 5.88 Å². The summed E-state index contributed by atoms with van der Waals surface area (Å²) < 4.78 is 12.5. The first kappa shape index (κ1) is 18.3. The van der Waals surface area contributed by atoms with Gasteiger partial charge in [-0.3, -0.25) is 0 Å². The number of rotatable bonds is 7. The minimum absolute atomic E-state index is 0.0332. The van der Waals surface area contributed by atoms with Gasteiger partial charge < -0.3 is 24.3 Å². The molecule has 3 rings (SSSR count). The molecular weight excluding hydrogens is 332 g/mol. The Kier molecular flexibility index (Phi) is 6.12. The van der Waals surface area contributed by atoms with Crippen molar-refractivity contribution < 1.29 is 14.3 Å².